The predicted octanol–water partition coefficient (Wildman–Crippen LogP) is 7.76. The van der Waals surface area contributed by atoms with Gasteiger partial charge in [0.15, 0.2) is 5.90 Å². The zero-order valence-corrected chi connectivity index (χ0v) is 24.3. The Morgan fingerprint density at radius 2 is 1.34 bits per heavy atom. The Balaban J connectivity index is 0.000000685. The first-order valence-corrected chi connectivity index (χ1v) is 13.7. The summed E-state index contributed by atoms with van der Waals surface area (Å²) in [5.41, 5.74) is 0.779. The Hall–Kier alpha value is -1.40. The van der Waals surface area contributed by atoms with Crippen molar-refractivity contribution >= 4 is 24.4 Å². The molecule has 1 saturated carbocycles. The topological polar surface area (TPSA) is 21.6 Å². The molecule has 3 aliphatic rings. The summed E-state index contributed by atoms with van der Waals surface area (Å²) in [6, 6.07) is 22.5. The first-order chi connectivity index (χ1) is 15.5. The van der Waals surface area contributed by atoms with Gasteiger partial charge < -0.3 is 19.6 Å². The monoisotopic (exact) mass is 533 g/mol. The van der Waals surface area contributed by atoms with Crippen LogP contribution in [0.5, 0.6) is 0 Å². The van der Waals surface area contributed by atoms with E-state index in [0.29, 0.717) is 11.6 Å². The van der Waals surface area contributed by atoms with Crippen LogP contribution in [0.15, 0.2) is 77.8 Å². The molecule has 2 aromatic rings. The molecule has 1 fully saturated rings. The number of benzene rings is 2. The van der Waals surface area contributed by atoms with Crippen molar-refractivity contribution in [3.8, 4) is 0 Å². The van der Waals surface area contributed by atoms with Crippen LogP contribution in [-0.2, 0) is 21.8 Å². The summed E-state index contributed by atoms with van der Waals surface area (Å²) in [6.45, 7) is 7.54. The molecule has 0 amide bonds. The van der Waals surface area contributed by atoms with Crippen LogP contribution in [-0.4, -0.2) is 24.2 Å². The van der Waals surface area contributed by atoms with Crippen LogP contribution in [0.3, 0.4) is 0 Å². The number of hydrogen-bond donors (Lipinski definition) is 0. The summed E-state index contributed by atoms with van der Waals surface area (Å²) >= 11 is 0. The number of hydrogen-bond acceptors (Lipinski definition) is 2. The van der Waals surface area contributed by atoms with E-state index in [0.717, 1.165) is 12.5 Å². The van der Waals surface area contributed by atoms with Crippen molar-refractivity contribution in [1.29, 1.82) is 0 Å². The molecule has 0 spiro atoms. The number of rotatable bonds is 4. The second-order valence-electron chi connectivity index (χ2n) is 10.2. The van der Waals surface area contributed by atoms with Crippen molar-refractivity contribution < 1.29 is 21.8 Å². The minimum atomic E-state index is -0.411. The first-order valence-electron chi connectivity index (χ1n) is 12.3. The average molecular weight is 534 g/mol. The van der Waals surface area contributed by atoms with E-state index in [-0.39, 0.29) is 43.4 Å². The summed E-state index contributed by atoms with van der Waals surface area (Å²) in [4.78, 5) is 5.07. The molecule has 0 N–H and O–H groups in total. The molecule has 35 heavy (non-hydrogen) atoms. The van der Waals surface area contributed by atoms with Gasteiger partial charge in [0.2, 0.25) is 0 Å². The summed E-state index contributed by atoms with van der Waals surface area (Å²) in [5, 5.41) is 2.95. The Labute approximate surface area is 227 Å². The fourth-order valence-corrected chi connectivity index (χ4v) is 8.00. The molecular weight excluding hydrogens is 489 g/mol. The largest absolute Gasteiger partial charge is 2.00 e. The van der Waals surface area contributed by atoms with Gasteiger partial charge in [-0.25, -0.2) is 4.99 Å². The Bertz CT molecular complexity index is 861. The fourth-order valence-electron chi connectivity index (χ4n) is 4.87. The second-order valence-corrected chi connectivity index (χ2v) is 12.6. The standard InChI is InChI=1S/C24H30NOP.C5H8.2CH3.Fe/c1-24(2,3)22-17-26-23(25-22)20-15-10-16-21(20)27(18-11-6-4-7-12-18)19-13-8-5-9-14-19;1-2-4-5-3-1;;;/h4-9,11-14,20-22H,10,15-17H2,1-3H3;1-2H,3-5H2;2*1H3;/q;;2*-1;+2/t20?,21?,22-;;;;/m1..../s1. The van der Waals surface area contributed by atoms with Gasteiger partial charge in [0.05, 0.1) is 6.04 Å². The number of aliphatic imine (C=N–C) groups is 1. The molecule has 1 heterocycles. The van der Waals surface area contributed by atoms with Gasteiger partial charge in [-0.15, -0.1) is 0 Å². The number of ether oxygens (including phenoxy) is 1. The third-order valence-corrected chi connectivity index (χ3v) is 9.77. The third kappa shape index (κ3) is 8.31. The summed E-state index contributed by atoms with van der Waals surface area (Å²) in [6.07, 6.45) is 12.2. The molecule has 5 rings (SSSR count). The minimum absolute atomic E-state index is 0. The minimum Gasteiger partial charge on any atom is -0.478 e. The van der Waals surface area contributed by atoms with Crippen LogP contribution in [0, 0.1) is 26.2 Å². The van der Waals surface area contributed by atoms with Crippen LogP contribution in [0.1, 0.15) is 59.3 Å². The zero-order valence-electron chi connectivity index (χ0n) is 22.3. The van der Waals surface area contributed by atoms with Gasteiger partial charge >= 0.3 is 17.1 Å². The van der Waals surface area contributed by atoms with Crippen LogP contribution in [0.2, 0.25) is 0 Å². The van der Waals surface area contributed by atoms with E-state index in [1.165, 1.54) is 49.1 Å². The van der Waals surface area contributed by atoms with Crippen molar-refractivity contribution in [1.82, 2.24) is 0 Å². The van der Waals surface area contributed by atoms with Gasteiger partial charge in [-0.3, -0.25) is 0 Å². The molecule has 2 unspecified atom stereocenters. The van der Waals surface area contributed by atoms with E-state index in [4.69, 9.17) is 9.73 Å². The van der Waals surface area contributed by atoms with Gasteiger partial charge in [0.1, 0.15) is 6.61 Å². The van der Waals surface area contributed by atoms with Gasteiger partial charge in [0.25, 0.3) is 0 Å². The average Bonchev–Trinajstić information content (AvgIpc) is 3.58. The Morgan fingerprint density at radius 3 is 1.77 bits per heavy atom. The molecule has 1 aliphatic heterocycles. The molecule has 0 radical (unpaired) electrons. The van der Waals surface area contributed by atoms with E-state index in [2.05, 4.69) is 93.6 Å². The fraction of sp³-hybridized carbons (Fsp3) is 0.452. The van der Waals surface area contributed by atoms with Crippen molar-refractivity contribution in [2.45, 2.75) is 71.0 Å². The second kappa shape index (κ2) is 15.0. The molecule has 192 valence electrons. The van der Waals surface area contributed by atoms with E-state index < -0.39 is 7.92 Å². The maximum absolute atomic E-state index is 6.19. The third-order valence-electron chi connectivity index (χ3n) is 6.78. The summed E-state index contributed by atoms with van der Waals surface area (Å²) < 4.78 is 6.19. The molecular formula is C31H44FeNOP. The summed E-state index contributed by atoms with van der Waals surface area (Å²) in [7, 11) is -0.411. The van der Waals surface area contributed by atoms with Crippen molar-refractivity contribution in [2.75, 3.05) is 6.61 Å². The number of allylic oxidation sites excluding steroid dienone is 2. The predicted molar refractivity (Wildman–Crippen MR) is 153 cm³/mol. The SMILES string of the molecule is C1=CCCC1.CC(C)(C)[C@H]1COC(C2CCCC2P(c2ccccc2)c2ccccc2)=N1.[CH3-].[CH3-].[Fe+2]. The van der Waals surface area contributed by atoms with E-state index in [1.54, 1.807) is 0 Å². The van der Waals surface area contributed by atoms with Crippen molar-refractivity contribution in [3.05, 3.63) is 87.7 Å². The molecule has 3 atom stereocenters. The van der Waals surface area contributed by atoms with Crippen molar-refractivity contribution in [2.24, 2.45) is 16.3 Å². The van der Waals surface area contributed by atoms with Crippen molar-refractivity contribution in [3.63, 3.8) is 0 Å². The number of nitrogens with zero attached hydrogens (tertiary/aromatic N) is 1. The maximum Gasteiger partial charge on any atom is 2.00 e. The first kappa shape index (κ1) is 31.6. The quantitative estimate of drug-likeness (QED) is 0.170. The molecule has 4 heteroatoms. The Morgan fingerprint density at radius 1 is 0.800 bits per heavy atom. The molecule has 2 aromatic carbocycles. The van der Waals surface area contributed by atoms with E-state index >= 15 is 0 Å². The van der Waals surface area contributed by atoms with Crippen LogP contribution < -0.4 is 10.6 Å². The molecule has 0 aromatic heterocycles. The van der Waals surface area contributed by atoms with E-state index in [9.17, 15) is 0 Å². The zero-order chi connectivity index (χ0) is 22.4. The van der Waals surface area contributed by atoms with Gasteiger partial charge in [0, 0.05) is 5.92 Å². The van der Waals surface area contributed by atoms with Crippen LogP contribution in [0.25, 0.3) is 0 Å². The van der Waals surface area contributed by atoms with Crippen LogP contribution in [0.4, 0.5) is 0 Å². The van der Waals surface area contributed by atoms with Gasteiger partial charge in [-0.05, 0) is 61.7 Å². The molecule has 0 bridgehead atoms. The molecule has 2 nitrogen and oxygen atoms in total. The van der Waals surface area contributed by atoms with Gasteiger partial charge in [-0.2, -0.15) is 0 Å². The normalized spacial score (nSPS) is 22.6. The maximum atomic E-state index is 6.19. The van der Waals surface area contributed by atoms with E-state index in [1.807, 2.05) is 0 Å². The molecule has 0 saturated heterocycles. The Kier molecular flexibility index (Phi) is 13.5. The van der Waals surface area contributed by atoms with Crippen LogP contribution >= 0.6 is 7.92 Å². The smallest absolute Gasteiger partial charge is 0.478 e. The molecule has 2 aliphatic carbocycles. The van der Waals surface area contributed by atoms with Gasteiger partial charge in [-0.1, -0.05) is 100 Å². The summed E-state index contributed by atoms with van der Waals surface area (Å²) in [5.74, 6) is 1.50.